The molecule has 1 aromatic carbocycles. The molecule has 20 heavy (non-hydrogen) atoms. The Morgan fingerprint density at radius 1 is 1.20 bits per heavy atom. The molecule has 110 valence electrons. The van der Waals surface area contributed by atoms with Crippen molar-refractivity contribution in [3.05, 3.63) is 35.4 Å². The highest BCUT2D eigenvalue weighted by atomic mass is 35.5. The van der Waals surface area contributed by atoms with Crippen LogP contribution in [0.3, 0.4) is 0 Å². The lowest BCUT2D eigenvalue weighted by Gasteiger charge is -2.24. The van der Waals surface area contributed by atoms with Crippen LogP contribution in [0.4, 0.5) is 8.78 Å². The Kier molecular flexibility index (Phi) is 5.35. The van der Waals surface area contributed by atoms with Crippen LogP contribution in [0.5, 0.6) is 0 Å². The number of carbonyl (C=O) groups excluding carboxylic acids is 1. The first kappa shape index (κ1) is 15.2. The zero-order valence-electron chi connectivity index (χ0n) is 11.1. The topological polar surface area (TPSA) is 29.1 Å². The third-order valence-electron chi connectivity index (χ3n) is 3.64. The van der Waals surface area contributed by atoms with Crippen molar-refractivity contribution in [2.45, 2.75) is 49.9 Å². The Bertz CT molecular complexity index is 461. The van der Waals surface area contributed by atoms with Gasteiger partial charge in [0.05, 0.1) is 0 Å². The van der Waals surface area contributed by atoms with Crippen LogP contribution in [0.1, 0.15) is 55.0 Å². The molecule has 0 saturated heterocycles. The number of hydrogen-bond acceptors (Lipinski definition) is 1. The largest absolute Gasteiger partial charge is 0.352 e. The molecule has 1 aromatic rings. The SMILES string of the molecule is O=C(NC1CCCCC1)C(Cl)c1cccc(C(F)F)c1. The molecule has 1 unspecified atom stereocenters. The number of benzene rings is 1. The summed E-state index contributed by atoms with van der Waals surface area (Å²) in [5, 5.41) is 1.99. The van der Waals surface area contributed by atoms with E-state index in [1.54, 1.807) is 6.07 Å². The summed E-state index contributed by atoms with van der Waals surface area (Å²) in [7, 11) is 0. The molecule has 2 nitrogen and oxygen atoms in total. The molecule has 1 N–H and O–H groups in total. The summed E-state index contributed by atoms with van der Waals surface area (Å²) < 4.78 is 25.3. The van der Waals surface area contributed by atoms with Crippen molar-refractivity contribution in [3.8, 4) is 0 Å². The van der Waals surface area contributed by atoms with Gasteiger partial charge in [-0.15, -0.1) is 11.6 Å². The lowest BCUT2D eigenvalue weighted by Crippen LogP contribution is -2.38. The fourth-order valence-corrected chi connectivity index (χ4v) is 2.72. The van der Waals surface area contributed by atoms with E-state index >= 15 is 0 Å². The number of rotatable bonds is 4. The second kappa shape index (κ2) is 7.02. The number of alkyl halides is 3. The van der Waals surface area contributed by atoms with Gasteiger partial charge in [-0.05, 0) is 24.5 Å². The Hall–Kier alpha value is -1.16. The predicted octanol–water partition coefficient (Wildman–Crippen LogP) is 4.35. The van der Waals surface area contributed by atoms with E-state index in [2.05, 4.69) is 5.32 Å². The van der Waals surface area contributed by atoms with Crippen molar-refractivity contribution in [1.82, 2.24) is 5.32 Å². The van der Waals surface area contributed by atoms with E-state index in [1.807, 2.05) is 0 Å². The fourth-order valence-electron chi connectivity index (χ4n) is 2.53. The Morgan fingerprint density at radius 2 is 1.85 bits per heavy atom. The summed E-state index contributed by atoms with van der Waals surface area (Å²) in [6.07, 6.45) is 2.80. The third kappa shape index (κ3) is 3.92. The van der Waals surface area contributed by atoms with Crippen LogP contribution in [0.25, 0.3) is 0 Å². The minimum Gasteiger partial charge on any atom is -0.352 e. The van der Waals surface area contributed by atoms with Crippen molar-refractivity contribution in [3.63, 3.8) is 0 Å². The predicted molar refractivity (Wildman–Crippen MR) is 75.0 cm³/mol. The normalized spacial score (nSPS) is 18.0. The number of nitrogens with one attached hydrogen (secondary N) is 1. The number of hydrogen-bond donors (Lipinski definition) is 1. The molecule has 1 aliphatic carbocycles. The van der Waals surface area contributed by atoms with Gasteiger partial charge in [0.25, 0.3) is 6.43 Å². The van der Waals surface area contributed by atoms with Crippen LogP contribution in [0, 0.1) is 0 Å². The number of carbonyl (C=O) groups is 1. The molecule has 0 aliphatic heterocycles. The maximum Gasteiger partial charge on any atom is 0.263 e. The third-order valence-corrected chi connectivity index (χ3v) is 4.09. The van der Waals surface area contributed by atoms with Gasteiger partial charge in [-0.3, -0.25) is 4.79 Å². The Morgan fingerprint density at radius 3 is 2.50 bits per heavy atom. The monoisotopic (exact) mass is 301 g/mol. The molecule has 2 rings (SSSR count). The number of amides is 1. The van der Waals surface area contributed by atoms with E-state index < -0.39 is 11.8 Å². The Balaban J connectivity index is 2.00. The van der Waals surface area contributed by atoms with Crippen LogP contribution >= 0.6 is 11.6 Å². The molecule has 1 fully saturated rings. The van der Waals surface area contributed by atoms with Gasteiger partial charge in [-0.1, -0.05) is 37.5 Å². The first-order chi connectivity index (χ1) is 9.58. The van der Waals surface area contributed by atoms with Crippen LogP contribution in [-0.4, -0.2) is 11.9 Å². The maximum atomic E-state index is 12.6. The minimum absolute atomic E-state index is 0.112. The van der Waals surface area contributed by atoms with Gasteiger partial charge in [0.2, 0.25) is 5.91 Å². The summed E-state index contributed by atoms with van der Waals surface area (Å²) in [6, 6.07) is 5.89. The smallest absolute Gasteiger partial charge is 0.263 e. The molecule has 1 saturated carbocycles. The molecular weight excluding hydrogens is 284 g/mol. The van der Waals surface area contributed by atoms with E-state index in [-0.39, 0.29) is 17.5 Å². The van der Waals surface area contributed by atoms with Gasteiger partial charge in [-0.2, -0.15) is 0 Å². The standard InChI is InChI=1S/C15H18ClF2NO/c16-13(10-5-4-6-11(9-10)14(17)18)15(20)19-12-7-2-1-3-8-12/h4-6,9,12-14H,1-3,7-8H2,(H,19,20). The molecule has 1 aliphatic rings. The highest BCUT2D eigenvalue weighted by molar-refractivity contribution is 6.30. The average Bonchev–Trinajstić information content (AvgIpc) is 2.47. The summed E-state index contributed by atoms with van der Waals surface area (Å²) in [4.78, 5) is 12.1. The quantitative estimate of drug-likeness (QED) is 0.823. The first-order valence-electron chi connectivity index (χ1n) is 6.90. The van der Waals surface area contributed by atoms with Gasteiger partial charge < -0.3 is 5.32 Å². The number of halogens is 3. The van der Waals surface area contributed by atoms with Gasteiger partial charge in [0.1, 0.15) is 5.38 Å². The van der Waals surface area contributed by atoms with Crippen molar-refractivity contribution >= 4 is 17.5 Å². The van der Waals surface area contributed by atoms with Crippen molar-refractivity contribution < 1.29 is 13.6 Å². The van der Waals surface area contributed by atoms with Crippen molar-refractivity contribution in [1.29, 1.82) is 0 Å². The molecule has 1 amide bonds. The molecule has 0 aromatic heterocycles. The van der Waals surface area contributed by atoms with Crippen LogP contribution < -0.4 is 5.32 Å². The molecule has 0 bridgehead atoms. The highest BCUT2D eigenvalue weighted by Crippen LogP contribution is 2.27. The second-order valence-corrected chi connectivity index (χ2v) is 5.61. The van der Waals surface area contributed by atoms with E-state index in [4.69, 9.17) is 11.6 Å². The van der Waals surface area contributed by atoms with Crippen LogP contribution in [0.2, 0.25) is 0 Å². The zero-order chi connectivity index (χ0) is 14.5. The first-order valence-corrected chi connectivity index (χ1v) is 7.34. The average molecular weight is 302 g/mol. The van der Waals surface area contributed by atoms with Gasteiger partial charge in [0.15, 0.2) is 0 Å². The summed E-state index contributed by atoms with van der Waals surface area (Å²) in [5.74, 6) is -0.301. The summed E-state index contributed by atoms with van der Waals surface area (Å²) in [6.45, 7) is 0. The van der Waals surface area contributed by atoms with E-state index in [9.17, 15) is 13.6 Å². The lowest BCUT2D eigenvalue weighted by molar-refractivity contribution is -0.121. The van der Waals surface area contributed by atoms with Crippen LogP contribution in [0.15, 0.2) is 24.3 Å². The molecule has 5 heteroatoms. The van der Waals surface area contributed by atoms with Gasteiger partial charge in [-0.25, -0.2) is 8.78 Å². The minimum atomic E-state index is -2.56. The van der Waals surface area contributed by atoms with E-state index in [0.29, 0.717) is 5.56 Å². The van der Waals surface area contributed by atoms with Crippen molar-refractivity contribution in [2.75, 3.05) is 0 Å². The summed E-state index contributed by atoms with van der Waals surface area (Å²) in [5.41, 5.74) is 0.302. The molecule has 1 atom stereocenters. The fraction of sp³-hybridized carbons (Fsp3) is 0.533. The van der Waals surface area contributed by atoms with Crippen LogP contribution in [-0.2, 0) is 4.79 Å². The van der Waals surface area contributed by atoms with E-state index in [1.165, 1.54) is 24.6 Å². The zero-order valence-corrected chi connectivity index (χ0v) is 11.9. The van der Waals surface area contributed by atoms with E-state index in [0.717, 1.165) is 25.7 Å². The molecule has 0 heterocycles. The highest BCUT2D eigenvalue weighted by Gasteiger charge is 2.23. The molecule has 0 spiro atoms. The molecular formula is C15H18ClF2NO. The lowest BCUT2D eigenvalue weighted by atomic mass is 9.95. The van der Waals surface area contributed by atoms with Crippen molar-refractivity contribution in [2.24, 2.45) is 0 Å². The van der Waals surface area contributed by atoms with Gasteiger partial charge >= 0.3 is 0 Å². The maximum absolute atomic E-state index is 12.6. The van der Waals surface area contributed by atoms with Gasteiger partial charge in [0, 0.05) is 11.6 Å². The second-order valence-electron chi connectivity index (χ2n) is 5.18. The summed E-state index contributed by atoms with van der Waals surface area (Å²) >= 11 is 6.10. The molecule has 0 radical (unpaired) electrons. The Labute approximate surface area is 122 Å².